The molecule has 0 aliphatic carbocycles. The van der Waals surface area contributed by atoms with Crippen molar-refractivity contribution in [1.29, 1.82) is 0 Å². The highest BCUT2D eigenvalue weighted by atomic mass is 32.2. The first-order valence-corrected chi connectivity index (χ1v) is 10.9. The lowest BCUT2D eigenvalue weighted by atomic mass is 10.0. The van der Waals surface area contributed by atoms with Crippen LogP contribution in [0.15, 0.2) is 88.7 Å². The van der Waals surface area contributed by atoms with E-state index < -0.39 is 0 Å². The van der Waals surface area contributed by atoms with Crippen LogP contribution >= 0.6 is 11.8 Å². The molecule has 0 spiro atoms. The summed E-state index contributed by atoms with van der Waals surface area (Å²) in [6, 6.07) is 24.5. The number of hydrogen-bond donors (Lipinski definition) is 0. The highest BCUT2D eigenvalue weighted by Gasteiger charge is 2.40. The molecule has 5 heteroatoms. The summed E-state index contributed by atoms with van der Waals surface area (Å²) in [4.78, 5) is 29.5. The first kappa shape index (κ1) is 20.9. The third-order valence-electron chi connectivity index (χ3n) is 5.20. The molecule has 0 fully saturated rings. The van der Waals surface area contributed by atoms with Gasteiger partial charge in [0.15, 0.2) is 0 Å². The number of ether oxygens (including phenoxy) is 1. The van der Waals surface area contributed by atoms with Gasteiger partial charge in [0, 0.05) is 4.90 Å². The average Bonchev–Trinajstić information content (AvgIpc) is 3.04. The molecule has 1 aliphatic rings. The van der Waals surface area contributed by atoms with Crippen molar-refractivity contribution in [3.8, 4) is 5.75 Å². The van der Waals surface area contributed by atoms with E-state index >= 15 is 0 Å². The zero-order valence-corrected chi connectivity index (χ0v) is 18.5. The van der Waals surface area contributed by atoms with Crippen LogP contribution in [0.25, 0.3) is 5.57 Å². The van der Waals surface area contributed by atoms with E-state index in [4.69, 9.17) is 4.74 Å². The number of benzene rings is 3. The second kappa shape index (κ2) is 8.82. The van der Waals surface area contributed by atoms with Crippen LogP contribution in [0.2, 0.25) is 0 Å². The second-order valence-corrected chi connectivity index (χ2v) is 8.62. The van der Waals surface area contributed by atoms with Gasteiger partial charge in [0.05, 0.1) is 23.3 Å². The van der Waals surface area contributed by atoms with Gasteiger partial charge in [-0.25, -0.2) is 4.90 Å². The van der Waals surface area contributed by atoms with Gasteiger partial charge in [-0.15, -0.1) is 0 Å². The van der Waals surface area contributed by atoms with Crippen LogP contribution in [-0.2, 0) is 9.59 Å². The molecule has 1 aliphatic heterocycles. The van der Waals surface area contributed by atoms with Gasteiger partial charge in [-0.05, 0) is 53.4 Å². The Kier molecular flexibility index (Phi) is 5.96. The van der Waals surface area contributed by atoms with Crippen LogP contribution in [-0.4, -0.2) is 18.9 Å². The predicted octanol–water partition coefficient (Wildman–Crippen LogP) is 5.90. The molecule has 0 bridgehead atoms. The van der Waals surface area contributed by atoms with E-state index in [2.05, 4.69) is 13.8 Å². The van der Waals surface area contributed by atoms with Gasteiger partial charge < -0.3 is 4.74 Å². The zero-order valence-electron chi connectivity index (χ0n) is 17.7. The molecule has 0 N–H and O–H groups in total. The summed E-state index contributed by atoms with van der Waals surface area (Å²) in [5.74, 6) is 0.448. The fourth-order valence-electron chi connectivity index (χ4n) is 3.47. The summed E-state index contributed by atoms with van der Waals surface area (Å²) in [6.45, 7) is 4.22. The smallest absolute Gasteiger partial charge is 0.272 e. The summed E-state index contributed by atoms with van der Waals surface area (Å²) >= 11 is 1.32. The lowest BCUT2D eigenvalue weighted by Gasteiger charge is -2.16. The lowest BCUT2D eigenvalue weighted by Crippen LogP contribution is -2.31. The summed E-state index contributed by atoms with van der Waals surface area (Å²) in [7, 11) is 1.60. The van der Waals surface area contributed by atoms with Crippen molar-refractivity contribution >= 4 is 34.8 Å². The number of imide groups is 1. The van der Waals surface area contributed by atoms with Crippen molar-refractivity contribution in [2.45, 2.75) is 24.7 Å². The molecule has 0 saturated carbocycles. The number of amides is 2. The molecular formula is C26H23NO3S. The topological polar surface area (TPSA) is 46.6 Å². The molecule has 0 aromatic heterocycles. The molecule has 0 unspecified atom stereocenters. The Labute approximate surface area is 186 Å². The van der Waals surface area contributed by atoms with Gasteiger partial charge in [-0.2, -0.15) is 0 Å². The number of carbonyl (C=O) groups is 2. The summed E-state index contributed by atoms with van der Waals surface area (Å²) < 4.78 is 5.24. The normalized spacial score (nSPS) is 14.0. The van der Waals surface area contributed by atoms with Crippen molar-refractivity contribution in [2.75, 3.05) is 12.0 Å². The van der Waals surface area contributed by atoms with E-state index in [1.165, 1.54) is 16.7 Å². The maximum Gasteiger partial charge on any atom is 0.272 e. The molecule has 4 nitrogen and oxygen atoms in total. The Morgan fingerprint density at radius 2 is 1.45 bits per heavy atom. The van der Waals surface area contributed by atoms with E-state index in [0.717, 1.165) is 10.5 Å². The number of rotatable bonds is 6. The van der Waals surface area contributed by atoms with E-state index in [1.54, 1.807) is 19.2 Å². The van der Waals surface area contributed by atoms with Gasteiger partial charge in [0.2, 0.25) is 0 Å². The Bertz CT molecular complexity index is 1130. The minimum absolute atomic E-state index is 0.304. The average molecular weight is 430 g/mol. The second-order valence-electron chi connectivity index (χ2n) is 7.54. The fraction of sp³-hybridized carbons (Fsp3) is 0.154. The van der Waals surface area contributed by atoms with Crippen LogP contribution in [0.4, 0.5) is 5.69 Å². The van der Waals surface area contributed by atoms with Crippen LogP contribution < -0.4 is 9.64 Å². The van der Waals surface area contributed by atoms with Crippen LogP contribution in [0.3, 0.4) is 0 Å². The molecule has 31 heavy (non-hydrogen) atoms. The first-order valence-electron chi connectivity index (χ1n) is 10.1. The predicted molar refractivity (Wildman–Crippen MR) is 125 cm³/mol. The van der Waals surface area contributed by atoms with Crippen molar-refractivity contribution in [3.63, 3.8) is 0 Å². The summed E-state index contributed by atoms with van der Waals surface area (Å²) in [5, 5.41) is 0. The number of thioether (sulfide) groups is 1. The maximum atomic E-state index is 13.5. The van der Waals surface area contributed by atoms with Crippen LogP contribution in [0.5, 0.6) is 5.75 Å². The number of methoxy groups -OCH3 is 1. The fourth-order valence-corrected chi connectivity index (χ4v) is 4.48. The molecule has 0 atom stereocenters. The van der Waals surface area contributed by atoms with Gasteiger partial charge in [0.1, 0.15) is 5.75 Å². The van der Waals surface area contributed by atoms with Gasteiger partial charge >= 0.3 is 0 Å². The van der Waals surface area contributed by atoms with Crippen LogP contribution in [0, 0.1) is 0 Å². The number of hydrogen-bond acceptors (Lipinski definition) is 4. The van der Waals surface area contributed by atoms with E-state index in [-0.39, 0.29) is 11.8 Å². The minimum Gasteiger partial charge on any atom is -0.497 e. The van der Waals surface area contributed by atoms with Crippen molar-refractivity contribution in [3.05, 3.63) is 94.9 Å². The minimum atomic E-state index is -0.314. The Balaban J connectivity index is 1.77. The molecule has 0 saturated heterocycles. The van der Waals surface area contributed by atoms with Gasteiger partial charge in [-0.3, -0.25) is 9.59 Å². The molecule has 3 aromatic rings. The number of anilines is 1. The quantitative estimate of drug-likeness (QED) is 0.458. The monoisotopic (exact) mass is 429 g/mol. The van der Waals surface area contributed by atoms with Gasteiger partial charge in [-0.1, -0.05) is 68.1 Å². The van der Waals surface area contributed by atoms with Crippen molar-refractivity contribution in [1.82, 2.24) is 0 Å². The Hall–Kier alpha value is -3.31. The standard InChI is InChI=1S/C26H23NO3S/c1-17(2)18-9-13-20(14-10-18)27-25(28)23(19-11-15-21(30-3)16-12-19)24(26(27)29)31-22-7-5-4-6-8-22/h4-17H,1-3H3. The zero-order chi connectivity index (χ0) is 22.0. The summed E-state index contributed by atoms with van der Waals surface area (Å²) in [6.07, 6.45) is 0. The number of nitrogens with zero attached hydrogens (tertiary/aromatic N) is 1. The van der Waals surface area contributed by atoms with E-state index in [0.29, 0.717) is 33.4 Å². The summed E-state index contributed by atoms with van der Waals surface area (Å²) in [5.41, 5.74) is 2.84. The van der Waals surface area contributed by atoms with Crippen molar-refractivity contribution in [2.24, 2.45) is 0 Å². The van der Waals surface area contributed by atoms with Crippen LogP contribution in [0.1, 0.15) is 30.9 Å². The Morgan fingerprint density at radius 3 is 2.03 bits per heavy atom. The Morgan fingerprint density at radius 1 is 0.806 bits per heavy atom. The highest BCUT2D eigenvalue weighted by Crippen LogP contribution is 2.41. The first-order chi connectivity index (χ1) is 15.0. The van der Waals surface area contributed by atoms with Crippen molar-refractivity contribution < 1.29 is 14.3 Å². The SMILES string of the molecule is COc1ccc(C2=C(Sc3ccccc3)C(=O)N(c3ccc(C(C)C)cc3)C2=O)cc1. The third-order valence-corrected chi connectivity index (χ3v) is 6.29. The van der Waals surface area contributed by atoms with Gasteiger partial charge in [0.25, 0.3) is 11.8 Å². The maximum absolute atomic E-state index is 13.5. The molecule has 3 aromatic carbocycles. The van der Waals surface area contributed by atoms with E-state index in [9.17, 15) is 9.59 Å². The number of carbonyl (C=O) groups excluding carboxylic acids is 2. The highest BCUT2D eigenvalue weighted by molar-refractivity contribution is 8.04. The molecule has 0 radical (unpaired) electrons. The van der Waals surface area contributed by atoms with E-state index in [1.807, 2.05) is 66.7 Å². The molecule has 1 heterocycles. The largest absolute Gasteiger partial charge is 0.497 e. The molecule has 2 amide bonds. The molecule has 156 valence electrons. The third kappa shape index (κ3) is 4.14. The molecule has 4 rings (SSSR count). The molecular weight excluding hydrogens is 406 g/mol. The lowest BCUT2D eigenvalue weighted by molar-refractivity contribution is -0.119.